The molecule has 1 aromatic carbocycles. The van der Waals surface area contributed by atoms with Gasteiger partial charge in [-0.25, -0.2) is 0 Å². The van der Waals surface area contributed by atoms with Gasteiger partial charge in [0.05, 0.1) is 7.11 Å². The molecule has 1 aliphatic rings. The summed E-state index contributed by atoms with van der Waals surface area (Å²) in [6, 6.07) is 6.33. The number of ether oxygens (including phenoxy) is 1. The molecule has 0 aliphatic carbocycles. The highest BCUT2D eigenvalue weighted by Crippen LogP contribution is 2.29. The van der Waals surface area contributed by atoms with E-state index in [4.69, 9.17) is 4.74 Å². The van der Waals surface area contributed by atoms with Crippen LogP contribution in [0, 0.1) is 0 Å². The fourth-order valence-corrected chi connectivity index (χ4v) is 2.48. The molecule has 2 atom stereocenters. The monoisotopic (exact) mass is 250 g/mol. The van der Waals surface area contributed by atoms with Crippen molar-refractivity contribution in [2.45, 2.75) is 25.4 Å². The number of nitrogens with zero attached hydrogens (tertiary/aromatic N) is 1. The highest BCUT2D eigenvalue weighted by atomic mass is 16.5. The Kier molecular flexibility index (Phi) is 4.09. The molecule has 4 nitrogen and oxygen atoms in total. The van der Waals surface area contributed by atoms with Crippen LogP contribution in [-0.4, -0.2) is 43.3 Å². The Hall–Kier alpha value is -1.26. The van der Waals surface area contributed by atoms with E-state index in [0.717, 1.165) is 18.7 Å². The Labute approximate surface area is 109 Å². The summed E-state index contributed by atoms with van der Waals surface area (Å²) in [6.45, 7) is 4.40. The zero-order valence-electron chi connectivity index (χ0n) is 11.3. The van der Waals surface area contributed by atoms with Gasteiger partial charge in [-0.1, -0.05) is 6.07 Å². The van der Waals surface area contributed by atoms with E-state index in [0.29, 0.717) is 11.8 Å². The highest BCUT2D eigenvalue weighted by Gasteiger charge is 2.21. The van der Waals surface area contributed by atoms with Gasteiger partial charge in [-0.05, 0) is 44.6 Å². The minimum atomic E-state index is 0.189. The molecule has 2 rings (SSSR count). The van der Waals surface area contributed by atoms with Gasteiger partial charge in [0.25, 0.3) is 0 Å². The van der Waals surface area contributed by atoms with Gasteiger partial charge in [-0.2, -0.15) is 0 Å². The maximum absolute atomic E-state index is 9.58. The number of likely N-dealkylation sites (N-methyl/N-ethyl adjacent to an activating group) is 1. The second-order valence-corrected chi connectivity index (χ2v) is 5.07. The minimum Gasteiger partial charge on any atom is -0.504 e. The third kappa shape index (κ3) is 2.94. The second-order valence-electron chi connectivity index (χ2n) is 5.07. The van der Waals surface area contributed by atoms with Crippen LogP contribution in [0.25, 0.3) is 0 Å². The fraction of sp³-hybridized carbons (Fsp3) is 0.571. The number of hydrogen-bond donors (Lipinski definition) is 2. The molecule has 0 aromatic heterocycles. The Morgan fingerprint density at radius 1 is 1.50 bits per heavy atom. The highest BCUT2D eigenvalue weighted by molar-refractivity contribution is 5.42. The predicted octanol–water partition coefficient (Wildman–Crippen LogP) is 1.76. The fourth-order valence-electron chi connectivity index (χ4n) is 2.48. The molecule has 0 radical (unpaired) electrons. The average molecular weight is 250 g/mol. The second kappa shape index (κ2) is 5.59. The molecular formula is C14H22N2O2. The van der Waals surface area contributed by atoms with Crippen LogP contribution in [0.1, 0.15) is 24.9 Å². The summed E-state index contributed by atoms with van der Waals surface area (Å²) in [5.74, 6) is 0.721. The zero-order valence-corrected chi connectivity index (χ0v) is 11.3. The third-order valence-electron chi connectivity index (χ3n) is 3.58. The van der Waals surface area contributed by atoms with E-state index in [9.17, 15) is 5.11 Å². The molecule has 2 unspecified atom stereocenters. The average Bonchev–Trinajstić information content (AvgIpc) is 2.75. The predicted molar refractivity (Wildman–Crippen MR) is 72.1 cm³/mol. The van der Waals surface area contributed by atoms with Crippen molar-refractivity contribution < 1.29 is 9.84 Å². The first-order chi connectivity index (χ1) is 8.60. The molecule has 0 saturated carbocycles. The summed E-state index contributed by atoms with van der Waals surface area (Å²) < 4.78 is 5.14. The van der Waals surface area contributed by atoms with Gasteiger partial charge in [-0.15, -0.1) is 0 Å². The topological polar surface area (TPSA) is 44.7 Å². The molecule has 18 heavy (non-hydrogen) atoms. The summed E-state index contributed by atoms with van der Waals surface area (Å²) in [7, 11) is 3.72. The van der Waals surface area contributed by atoms with Gasteiger partial charge in [0.1, 0.15) is 0 Å². The molecule has 4 heteroatoms. The minimum absolute atomic E-state index is 0.189. The Balaban J connectivity index is 2.02. The lowest BCUT2D eigenvalue weighted by Gasteiger charge is -2.20. The van der Waals surface area contributed by atoms with Crippen LogP contribution < -0.4 is 10.1 Å². The molecule has 1 aromatic rings. The number of aromatic hydroxyl groups is 1. The van der Waals surface area contributed by atoms with Crippen LogP contribution in [0.4, 0.5) is 0 Å². The summed E-state index contributed by atoms with van der Waals surface area (Å²) in [4.78, 5) is 2.34. The standard InChI is InChI=1S/C14H22N2O2/c1-10(15-12-6-7-16(2)9-12)11-4-5-13(17)14(8-11)18-3/h4-5,8,10,12,15,17H,6-7,9H2,1-3H3. The first-order valence-corrected chi connectivity index (χ1v) is 6.41. The molecule has 100 valence electrons. The van der Waals surface area contributed by atoms with E-state index in [-0.39, 0.29) is 11.8 Å². The number of nitrogens with one attached hydrogen (secondary N) is 1. The molecule has 1 fully saturated rings. The van der Waals surface area contributed by atoms with E-state index in [1.807, 2.05) is 12.1 Å². The van der Waals surface area contributed by atoms with Gasteiger partial charge in [-0.3, -0.25) is 0 Å². The lowest BCUT2D eigenvalue weighted by atomic mass is 10.1. The largest absolute Gasteiger partial charge is 0.504 e. The number of hydrogen-bond acceptors (Lipinski definition) is 4. The molecule has 0 amide bonds. The molecule has 1 aliphatic heterocycles. The lowest BCUT2D eigenvalue weighted by molar-refractivity contribution is 0.370. The Morgan fingerprint density at radius 2 is 2.28 bits per heavy atom. The molecule has 0 bridgehead atoms. The van der Waals surface area contributed by atoms with E-state index >= 15 is 0 Å². The summed E-state index contributed by atoms with van der Waals surface area (Å²) in [5, 5.41) is 13.2. The Morgan fingerprint density at radius 3 is 2.89 bits per heavy atom. The van der Waals surface area contributed by atoms with Crippen molar-refractivity contribution in [2.24, 2.45) is 0 Å². The molecule has 1 saturated heterocycles. The van der Waals surface area contributed by atoms with Crippen molar-refractivity contribution >= 4 is 0 Å². The van der Waals surface area contributed by atoms with Crippen LogP contribution in [0.3, 0.4) is 0 Å². The smallest absolute Gasteiger partial charge is 0.160 e. The summed E-state index contributed by atoms with van der Waals surface area (Å²) in [6.07, 6.45) is 1.19. The van der Waals surface area contributed by atoms with Gasteiger partial charge < -0.3 is 20.1 Å². The van der Waals surface area contributed by atoms with Crippen molar-refractivity contribution in [1.29, 1.82) is 0 Å². The number of benzene rings is 1. The van der Waals surface area contributed by atoms with E-state index in [2.05, 4.69) is 24.2 Å². The molecule has 2 N–H and O–H groups in total. The quantitative estimate of drug-likeness (QED) is 0.854. The number of rotatable bonds is 4. The number of phenolic OH excluding ortho intramolecular Hbond substituents is 1. The van der Waals surface area contributed by atoms with Crippen molar-refractivity contribution in [2.75, 3.05) is 27.2 Å². The third-order valence-corrected chi connectivity index (χ3v) is 3.58. The van der Waals surface area contributed by atoms with Crippen LogP contribution in [-0.2, 0) is 0 Å². The maximum atomic E-state index is 9.58. The summed E-state index contributed by atoms with van der Waals surface area (Å²) >= 11 is 0. The van der Waals surface area contributed by atoms with Crippen molar-refractivity contribution in [1.82, 2.24) is 10.2 Å². The van der Waals surface area contributed by atoms with Crippen molar-refractivity contribution in [3.05, 3.63) is 23.8 Å². The van der Waals surface area contributed by atoms with Crippen LogP contribution in [0.15, 0.2) is 18.2 Å². The first kappa shape index (κ1) is 13.2. The lowest BCUT2D eigenvalue weighted by Crippen LogP contribution is -2.33. The van der Waals surface area contributed by atoms with Crippen LogP contribution >= 0.6 is 0 Å². The molecular weight excluding hydrogens is 228 g/mol. The first-order valence-electron chi connectivity index (χ1n) is 6.41. The summed E-state index contributed by atoms with van der Waals surface area (Å²) in [5.41, 5.74) is 1.14. The number of methoxy groups -OCH3 is 1. The van der Waals surface area contributed by atoms with Gasteiger partial charge in [0.15, 0.2) is 11.5 Å². The van der Waals surface area contributed by atoms with E-state index < -0.39 is 0 Å². The van der Waals surface area contributed by atoms with Gasteiger partial charge >= 0.3 is 0 Å². The Bertz CT molecular complexity index is 409. The van der Waals surface area contributed by atoms with Gasteiger partial charge in [0.2, 0.25) is 0 Å². The van der Waals surface area contributed by atoms with Crippen molar-refractivity contribution in [3.63, 3.8) is 0 Å². The molecule has 1 heterocycles. The van der Waals surface area contributed by atoms with Crippen LogP contribution in [0.5, 0.6) is 11.5 Å². The van der Waals surface area contributed by atoms with E-state index in [1.54, 1.807) is 13.2 Å². The van der Waals surface area contributed by atoms with Gasteiger partial charge in [0, 0.05) is 18.6 Å². The van der Waals surface area contributed by atoms with Crippen molar-refractivity contribution in [3.8, 4) is 11.5 Å². The molecule has 0 spiro atoms. The zero-order chi connectivity index (χ0) is 13.1. The normalized spacial score (nSPS) is 22.1. The van der Waals surface area contributed by atoms with E-state index in [1.165, 1.54) is 6.42 Å². The van der Waals surface area contributed by atoms with Crippen LogP contribution in [0.2, 0.25) is 0 Å². The number of phenols is 1. The maximum Gasteiger partial charge on any atom is 0.160 e. The SMILES string of the molecule is COc1cc(C(C)NC2CCN(C)C2)ccc1O. The number of likely N-dealkylation sites (tertiary alicyclic amines) is 1.